The molecule has 1 heterocycles. The van der Waals surface area contributed by atoms with Gasteiger partial charge in [-0.1, -0.05) is 6.07 Å². The van der Waals surface area contributed by atoms with Crippen LogP contribution in [0.2, 0.25) is 0 Å². The fraction of sp³-hybridized carbons (Fsp3) is 0.250. The summed E-state index contributed by atoms with van der Waals surface area (Å²) >= 11 is 0. The van der Waals surface area contributed by atoms with E-state index in [1.807, 2.05) is 0 Å². The van der Waals surface area contributed by atoms with Gasteiger partial charge in [0, 0.05) is 18.7 Å². The van der Waals surface area contributed by atoms with Gasteiger partial charge in [0.2, 0.25) is 0 Å². The first-order valence-electron chi connectivity index (χ1n) is 3.52. The molecule has 0 aliphatic carbocycles. The normalized spacial score (nSPS) is 9.00. The van der Waals surface area contributed by atoms with Gasteiger partial charge in [-0.15, -0.1) is 0 Å². The van der Waals surface area contributed by atoms with Gasteiger partial charge in [-0.2, -0.15) is 0 Å². The zero-order valence-electron chi connectivity index (χ0n) is 7.36. The van der Waals surface area contributed by atoms with Crippen LogP contribution < -0.4 is 56.5 Å². The number of pyridine rings is 1. The molecule has 4 nitrogen and oxygen atoms in total. The molecule has 1 aromatic heterocycles. The second-order valence-corrected chi connectivity index (χ2v) is 2.28. The van der Waals surface area contributed by atoms with Crippen LogP contribution >= 0.6 is 0 Å². The summed E-state index contributed by atoms with van der Waals surface area (Å²) in [4.78, 5) is 14.1. The fourth-order valence-corrected chi connectivity index (χ4v) is 0.847. The number of hydrogen-bond acceptors (Lipinski definition) is 4. The van der Waals surface area contributed by atoms with Gasteiger partial charge in [0.25, 0.3) is 0 Å². The Kier molecular flexibility index (Phi) is 6.75. The number of nitrogens with zero attached hydrogens (tertiary/aromatic N) is 1. The molecule has 64 valence electrons. The second-order valence-electron chi connectivity index (χ2n) is 2.28. The Morgan fingerprint density at radius 2 is 2.23 bits per heavy atom. The molecule has 0 unspecified atom stereocenters. The Bertz CT molecular complexity index is 290. The summed E-state index contributed by atoms with van der Waals surface area (Å²) in [6.07, 6.45) is 0.362. The number of carboxylic acids is 1. The number of aliphatic hydroxyl groups is 1. The van der Waals surface area contributed by atoms with Gasteiger partial charge in [-0.3, -0.25) is 4.98 Å². The predicted octanol–water partition coefficient (Wildman–Crippen LogP) is -4.02. The molecule has 0 aliphatic rings. The van der Waals surface area contributed by atoms with E-state index in [0.29, 0.717) is 12.1 Å². The zero-order chi connectivity index (χ0) is 8.97. The summed E-state index contributed by atoms with van der Waals surface area (Å²) in [6.45, 7) is -0.0382. The van der Waals surface area contributed by atoms with E-state index in [2.05, 4.69) is 4.98 Å². The average Bonchev–Trinajstić information content (AvgIpc) is 2.05. The molecule has 0 fully saturated rings. The Morgan fingerprint density at radius 1 is 1.54 bits per heavy atom. The van der Waals surface area contributed by atoms with Crippen LogP contribution in [0.4, 0.5) is 0 Å². The molecule has 0 amide bonds. The first-order chi connectivity index (χ1) is 5.74. The first-order valence-corrected chi connectivity index (χ1v) is 3.52. The van der Waals surface area contributed by atoms with Gasteiger partial charge in [0.05, 0.1) is 11.7 Å². The third-order valence-corrected chi connectivity index (χ3v) is 1.38. The summed E-state index contributed by atoms with van der Waals surface area (Å²) < 4.78 is 0. The molecular weight excluding hydrogens is 197 g/mol. The Hall–Kier alpha value is 0.216. The maximum absolute atomic E-state index is 10.3. The Balaban J connectivity index is 0.00000144. The van der Waals surface area contributed by atoms with E-state index in [-0.39, 0.29) is 63.7 Å². The van der Waals surface area contributed by atoms with Crippen LogP contribution in [0.3, 0.4) is 0 Å². The Morgan fingerprint density at radius 3 is 2.77 bits per heavy atom. The van der Waals surface area contributed by atoms with Crippen molar-refractivity contribution in [3.05, 3.63) is 29.6 Å². The van der Waals surface area contributed by atoms with Crippen LogP contribution in [0.15, 0.2) is 18.2 Å². The van der Waals surface area contributed by atoms with E-state index >= 15 is 0 Å². The summed E-state index contributed by atoms with van der Waals surface area (Å²) in [5, 5.41) is 18.9. The minimum Gasteiger partial charge on any atom is -0.543 e. The standard InChI is InChI=1S/C8H9NO3.K/c10-5-4-6-2-1-3-7(9-6)8(11)12;/h1-3,10H,4-5H2,(H,11,12);/q;+1/p-1. The number of aliphatic hydroxyl groups excluding tert-OH is 1. The number of carbonyl (C=O) groups is 1. The summed E-state index contributed by atoms with van der Waals surface area (Å²) in [5.74, 6) is -1.30. The predicted molar refractivity (Wildman–Crippen MR) is 39.4 cm³/mol. The molecule has 1 aromatic rings. The molecule has 1 N–H and O–H groups in total. The Labute approximate surface area is 118 Å². The number of carbonyl (C=O) groups excluding carboxylic acids is 1. The van der Waals surface area contributed by atoms with Gasteiger partial charge in [0.1, 0.15) is 0 Å². The third kappa shape index (κ3) is 4.30. The van der Waals surface area contributed by atoms with Crippen molar-refractivity contribution in [2.75, 3.05) is 6.61 Å². The van der Waals surface area contributed by atoms with Crippen molar-refractivity contribution < 1.29 is 66.4 Å². The summed E-state index contributed by atoms with van der Waals surface area (Å²) in [6, 6.07) is 4.59. The summed E-state index contributed by atoms with van der Waals surface area (Å²) in [5.41, 5.74) is 0.458. The van der Waals surface area contributed by atoms with Crippen molar-refractivity contribution in [2.45, 2.75) is 6.42 Å². The topological polar surface area (TPSA) is 73.2 Å². The van der Waals surface area contributed by atoms with E-state index in [1.54, 1.807) is 12.1 Å². The molecule has 1 rings (SSSR count). The molecule has 0 aromatic carbocycles. The molecule has 0 spiro atoms. The van der Waals surface area contributed by atoms with Crippen LogP contribution in [0, 0.1) is 0 Å². The average molecular weight is 205 g/mol. The zero-order valence-corrected chi connectivity index (χ0v) is 10.5. The van der Waals surface area contributed by atoms with Gasteiger partial charge >= 0.3 is 51.4 Å². The number of aromatic carboxylic acids is 1. The van der Waals surface area contributed by atoms with Crippen molar-refractivity contribution in [3.8, 4) is 0 Å². The van der Waals surface area contributed by atoms with Gasteiger partial charge in [-0.25, -0.2) is 0 Å². The van der Waals surface area contributed by atoms with Crippen LogP contribution in [-0.2, 0) is 6.42 Å². The smallest absolute Gasteiger partial charge is 0.543 e. The van der Waals surface area contributed by atoms with E-state index in [9.17, 15) is 9.90 Å². The molecular formula is C8H8KNO3. The van der Waals surface area contributed by atoms with Crippen molar-refractivity contribution in [3.63, 3.8) is 0 Å². The van der Waals surface area contributed by atoms with E-state index in [0.717, 1.165) is 0 Å². The SMILES string of the molecule is O=C([O-])c1cccc(CCO)n1.[K+]. The van der Waals surface area contributed by atoms with Crippen molar-refractivity contribution in [1.82, 2.24) is 4.98 Å². The molecule has 0 bridgehead atoms. The minimum atomic E-state index is -1.30. The maximum atomic E-state index is 10.3. The maximum Gasteiger partial charge on any atom is 1.00 e. The van der Waals surface area contributed by atoms with Gasteiger partial charge in [-0.05, 0) is 12.1 Å². The molecule has 0 radical (unpaired) electrons. The second kappa shape index (κ2) is 6.64. The molecule has 0 aliphatic heterocycles. The molecule has 5 heteroatoms. The van der Waals surface area contributed by atoms with E-state index in [4.69, 9.17) is 5.11 Å². The number of hydrogen-bond donors (Lipinski definition) is 1. The number of aromatic nitrogens is 1. The van der Waals surface area contributed by atoms with Crippen LogP contribution in [0.1, 0.15) is 16.2 Å². The molecule has 0 saturated carbocycles. The molecule has 0 atom stereocenters. The summed E-state index contributed by atoms with van der Waals surface area (Å²) in [7, 11) is 0. The van der Waals surface area contributed by atoms with E-state index in [1.165, 1.54) is 6.07 Å². The van der Waals surface area contributed by atoms with Crippen LogP contribution in [0.5, 0.6) is 0 Å². The minimum absolute atomic E-state index is 0. The fourth-order valence-electron chi connectivity index (χ4n) is 0.847. The van der Waals surface area contributed by atoms with Crippen molar-refractivity contribution in [2.24, 2.45) is 0 Å². The quantitative estimate of drug-likeness (QED) is 0.510. The van der Waals surface area contributed by atoms with Gasteiger partial charge < -0.3 is 15.0 Å². The first kappa shape index (κ1) is 13.2. The molecule has 13 heavy (non-hydrogen) atoms. The number of rotatable bonds is 3. The van der Waals surface area contributed by atoms with Gasteiger partial charge in [0.15, 0.2) is 0 Å². The van der Waals surface area contributed by atoms with Crippen molar-refractivity contribution >= 4 is 5.97 Å². The number of carboxylic acid groups (broad SMARTS) is 1. The van der Waals surface area contributed by atoms with E-state index < -0.39 is 5.97 Å². The van der Waals surface area contributed by atoms with Crippen molar-refractivity contribution in [1.29, 1.82) is 0 Å². The largest absolute Gasteiger partial charge is 1.00 e. The van der Waals surface area contributed by atoms with Crippen LogP contribution in [-0.4, -0.2) is 22.7 Å². The third-order valence-electron chi connectivity index (χ3n) is 1.38. The van der Waals surface area contributed by atoms with Crippen LogP contribution in [0.25, 0.3) is 0 Å². The molecule has 0 saturated heterocycles. The monoisotopic (exact) mass is 205 g/mol.